The molecule has 0 bridgehead atoms. The SMILES string of the molecule is COC(=O)CCN(C)S(=O)(=O)N(C)Cc1cccc(C)c1. The van der Waals surface area contributed by atoms with Gasteiger partial charge in [-0.3, -0.25) is 4.79 Å². The van der Waals surface area contributed by atoms with E-state index in [4.69, 9.17) is 0 Å². The number of carbonyl (C=O) groups is 1. The number of hydrogen-bond acceptors (Lipinski definition) is 4. The van der Waals surface area contributed by atoms with Crippen LogP contribution in [0.15, 0.2) is 24.3 Å². The lowest BCUT2D eigenvalue weighted by Crippen LogP contribution is -2.40. The summed E-state index contributed by atoms with van der Waals surface area (Å²) in [5, 5.41) is 0. The van der Waals surface area contributed by atoms with Crippen molar-refractivity contribution in [2.24, 2.45) is 0 Å². The third kappa shape index (κ3) is 5.11. The van der Waals surface area contributed by atoms with Gasteiger partial charge in [-0.2, -0.15) is 17.0 Å². The van der Waals surface area contributed by atoms with Crippen molar-refractivity contribution >= 4 is 16.2 Å². The number of aryl methyl sites for hydroxylation is 1. The summed E-state index contributed by atoms with van der Waals surface area (Å²) in [6.07, 6.45) is 0.0323. The highest BCUT2D eigenvalue weighted by molar-refractivity contribution is 7.86. The molecule has 0 amide bonds. The maximum atomic E-state index is 12.3. The van der Waals surface area contributed by atoms with Crippen molar-refractivity contribution in [3.8, 4) is 0 Å². The van der Waals surface area contributed by atoms with Crippen molar-refractivity contribution in [3.05, 3.63) is 35.4 Å². The van der Waals surface area contributed by atoms with Crippen molar-refractivity contribution < 1.29 is 17.9 Å². The van der Waals surface area contributed by atoms with Gasteiger partial charge in [-0.05, 0) is 12.5 Å². The van der Waals surface area contributed by atoms with Gasteiger partial charge in [-0.15, -0.1) is 0 Å². The van der Waals surface area contributed by atoms with E-state index in [0.717, 1.165) is 15.4 Å². The summed E-state index contributed by atoms with van der Waals surface area (Å²) in [5.74, 6) is -0.432. The number of methoxy groups -OCH3 is 1. The van der Waals surface area contributed by atoms with Gasteiger partial charge in [0.05, 0.1) is 13.5 Å². The molecule has 0 fully saturated rings. The zero-order chi connectivity index (χ0) is 16.0. The molecule has 118 valence electrons. The Morgan fingerprint density at radius 3 is 2.48 bits per heavy atom. The fraction of sp³-hybridized carbons (Fsp3) is 0.500. The van der Waals surface area contributed by atoms with E-state index in [1.54, 1.807) is 0 Å². The Labute approximate surface area is 126 Å². The van der Waals surface area contributed by atoms with Crippen molar-refractivity contribution in [2.45, 2.75) is 19.9 Å². The molecule has 21 heavy (non-hydrogen) atoms. The molecule has 0 aromatic heterocycles. The molecule has 0 unspecified atom stereocenters. The second kappa shape index (κ2) is 7.53. The largest absolute Gasteiger partial charge is 0.469 e. The monoisotopic (exact) mass is 314 g/mol. The molecule has 1 aromatic carbocycles. The molecule has 0 heterocycles. The van der Waals surface area contributed by atoms with Crippen LogP contribution in [-0.4, -0.2) is 50.7 Å². The first kappa shape index (κ1) is 17.6. The Morgan fingerprint density at radius 2 is 1.90 bits per heavy atom. The van der Waals surface area contributed by atoms with Crippen molar-refractivity contribution in [1.82, 2.24) is 8.61 Å². The molecular formula is C14H22N2O4S. The number of benzene rings is 1. The lowest BCUT2D eigenvalue weighted by molar-refractivity contribution is -0.140. The van der Waals surface area contributed by atoms with Gasteiger partial charge in [-0.25, -0.2) is 0 Å². The van der Waals surface area contributed by atoms with E-state index in [1.807, 2.05) is 31.2 Å². The maximum Gasteiger partial charge on any atom is 0.306 e. The number of hydrogen-bond donors (Lipinski definition) is 0. The minimum atomic E-state index is -3.60. The fourth-order valence-electron chi connectivity index (χ4n) is 1.85. The van der Waals surface area contributed by atoms with Gasteiger partial charge < -0.3 is 4.74 Å². The zero-order valence-electron chi connectivity index (χ0n) is 12.9. The van der Waals surface area contributed by atoms with Crippen molar-refractivity contribution in [2.75, 3.05) is 27.7 Å². The molecule has 1 aromatic rings. The van der Waals surface area contributed by atoms with Gasteiger partial charge in [0.2, 0.25) is 0 Å². The summed E-state index contributed by atoms with van der Waals surface area (Å²) in [4.78, 5) is 11.1. The van der Waals surface area contributed by atoms with E-state index in [-0.39, 0.29) is 19.5 Å². The predicted octanol–water partition coefficient (Wildman–Crippen LogP) is 1.17. The van der Waals surface area contributed by atoms with Gasteiger partial charge in [0, 0.05) is 27.2 Å². The summed E-state index contributed by atoms with van der Waals surface area (Å²) in [7, 11) is 0.653. The van der Waals surface area contributed by atoms with Crippen LogP contribution < -0.4 is 0 Å². The van der Waals surface area contributed by atoms with Crippen LogP contribution in [0.4, 0.5) is 0 Å². The summed E-state index contributed by atoms with van der Waals surface area (Å²) >= 11 is 0. The van der Waals surface area contributed by atoms with Crippen LogP contribution >= 0.6 is 0 Å². The van der Waals surface area contributed by atoms with E-state index in [9.17, 15) is 13.2 Å². The molecule has 6 nitrogen and oxygen atoms in total. The Balaban J connectivity index is 2.70. The average molecular weight is 314 g/mol. The van der Waals surface area contributed by atoms with Crippen molar-refractivity contribution in [1.29, 1.82) is 0 Å². The third-order valence-corrected chi connectivity index (χ3v) is 5.02. The maximum absolute atomic E-state index is 12.3. The smallest absolute Gasteiger partial charge is 0.306 e. The van der Waals surface area contributed by atoms with Crippen molar-refractivity contribution in [3.63, 3.8) is 0 Å². The van der Waals surface area contributed by atoms with Gasteiger partial charge in [0.15, 0.2) is 0 Å². The Bertz CT molecular complexity index is 586. The van der Waals surface area contributed by atoms with Gasteiger partial charge >= 0.3 is 5.97 Å². The standard InChI is InChI=1S/C14H22N2O4S/c1-12-6-5-7-13(10-12)11-16(3)21(18,19)15(2)9-8-14(17)20-4/h5-7,10H,8-9,11H2,1-4H3. The van der Waals surface area contributed by atoms with Crippen LogP contribution in [0.1, 0.15) is 17.5 Å². The van der Waals surface area contributed by atoms with E-state index >= 15 is 0 Å². The van der Waals surface area contributed by atoms with Crippen LogP contribution in [0.25, 0.3) is 0 Å². The molecule has 0 aliphatic heterocycles. The number of rotatable bonds is 7. The zero-order valence-corrected chi connectivity index (χ0v) is 13.7. The number of ether oxygens (including phenoxy) is 1. The van der Waals surface area contributed by atoms with E-state index in [0.29, 0.717) is 0 Å². The third-order valence-electron chi connectivity index (χ3n) is 3.13. The molecular weight excluding hydrogens is 292 g/mol. The highest BCUT2D eigenvalue weighted by atomic mass is 32.2. The van der Waals surface area contributed by atoms with Gasteiger partial charge in [-0.1, -0.05) is 29.8 Å². The quantitative estimate of drug-likeness (QED) is 0.709. The molecule has 0 N–H and O–H groups in total. The second-order valence-corrected chi connectivity index (χ2v) is 7.04. The molecule has 0 radical (unpaired) electrons. The molecule has 0 aliphatic carbocycles. The highest BCUT2D eigenvalue weighted by Crippen LogP contribution is 2.12. The minimum absolute atomic E-state index is 0.0323. The summed E-state index contributed by atoms with van der Waals surface area (Å²) in [5.41, 5.74) is 2.00. The Kier molecular flexibility index (Phi) is 6.32. The topological polar surface area (TPSA) is 66.9 Å². The number of esters is 1. The van der Waals surface area contributed by atoms with Gasteiger partial charge in [0.25, 0.3) is 10.2 Å². The molecule has 0 saturated carbocycles. The average Bonchev–Trinajstić information content (AvgIpc) is 2.44. The lowest BCUT2D eigenvalue weighted by Gasteiger charge is -2.24. The molecule has 0 spiro atoms. The van der Waals surface area contributed by atoms with E-state index in [2.05, 4.69) is 4.74 Å². The second-order valence-electron chi connectivity index (χ2n) is 4.90. The van der Waals surface area contributed by atoms with Crippen LogP contribution in [-0.2, 0) is 26.3 Å². The summed E-state index contributed by atoms with van der Waals surface area (Å²) in [6.45, 7) is 2.33. The summed E-state index contributed by atoms with van der Waals surface area (Å²) in [6, 6.07) is 7.68. The molecule has 7 heteroatoms. The highest BCUT2D eigenvalue weighted by Gasteiger charge is 2.24. The summed E-state index contributed by atoms with van der Waals surface area (Å²) < 4.78 is 31.6. The van der Waals surface area contributed by atoms with Crippen LogP contribution in [0, 0.1) is 6.92 Å². The van der Waals surface area contributed by atoms with E-state index in [1.165, 1.54) is 25.5 Å². The van der Waals surface area contributed by atoms with Gasteiger partial charge in [0.1, 0.15) is 0 Å². The minimum Gasteiger partial charge on any atom is -0.469 e. The molecule has 0 saturated heterocycles. The Hall–Kier alpha value is -1.44. The van der Waals surface area contributed by atoms with Crippen LogP contribution in [0.2, 0.25) is 0 Å². The Morgan fingerprint density at radius 1 is 1.24 bits per heavy atom. The number of carbonyl (C=O) groups excluding carboxylic acids is 1. The normalized spacial score (nSPS) is 11.9. The first-order chi connectivity index (χ1) is 9.77. The van der Waals surface area contributed by atoms with Crippen LogP contribution in [0.3, 0.4) is 0 Å². The van der Waals surface area contributed by atoms with E-state index < -0.39 is 16.2 Å². The molecule has 0 aliphatic rings. The first-order valence-corrected chi connectivity index (χ1v) is 7.97. The van der Waals surface area contributed by atoms with Crippen LogP contribution in [0.5, 0.6) is 0 Å². The predicted molar refractivity (Wildman–Crippen MR) is 80.8 cm³/mol. The fourth-order valence-corrected chi connectivity index (χ4v) is 2.96. The molecule has 1 rings (SSSR count). The lowest BCUT2D eigenvalue weighted by atomic mass is 10.1. The molecule has 0 atom stereocenters. The number of nitrogens with zero attached hydrogens (tertiary/aromatic N) is 2. The first-order valence-electron chi connectivity index (χ1n) is 6.57.